The molecule has 3 heterocycles. The van der Waals surface area contributed by atoms with E-state index < -0.39 is 0 Å². The monoisotopic (exact) mass is 393 g/mol. The molecule has 0 amide bonds. The fourth-order valence-electron chi connectivity index (χ4n) is 2.95. The van der Waals surface area contributed by atoms with Gasteiger partial charge in [-0.25, -0.2) is 4.98 Å². The van der Waals surface area contributed by atoms with E-state index in [9.17, 15) is 5.11 Å². The molecule has 150 valence electrons. The van der Waals surface area contributed by atoms with Crippen molar-refractivity contribution in [3.8, 4) is 22.8 Å². The summed E-state index contributed by atoms with van der Waals surface area (Å²) < 4.78 is 10.8. The number of benzene rings is 1. The minimum Gasteiger partial charge on any atom is -0.454 e. The predicted molar refractivity (Wildman–Crippen MR) is 110 cm³/mol. The number of rotatable bonds is 7. The minimum atomic E-state index is -0.155. The van der Waals surface area contributed by atoms with Gasteiger partial charge in [0, 0.05) is 35.8 Å². The number of fused-ring (bicyclic) bond motifs is 1. The Labute approximate surface area is 169 Å². The van der Waals surface area contributed by atoms with Crippen LogP contribution in [-0.4, -0.2) is 39.5 Å². The third-order valence-electron chi connectivity index (χ3n) is 4.64. The summed E-state index contributed by atoms with van der Waals surface area (Å²) in [6.45, 7) is 4.28. The minimum absolute atomic E-state index is 0.0108. The number of aliphatic hydroxyl groups is 1. The van der Waals surface area contributed by atoms with Gasteiger partial charge < -0.3 is 25.2 Å². The van der Waals surface area contributed by atoms with E-state index in [-0.39, 0.29) is 25.4 Å². The molecule has 0 unspecified atom stereocenters. The Morgan fingerprint density at radius 2 is 1.97 bits per heavy atom. The predicted octanol–water partition coefficient (Wildman–Crippen LogP) is 3.44. The van der Waals surface area contributed by atoms with Gasteiger partial charge >= 0.3 is 0 Å². The Morgan fingerprint density at radius 3 is 2.72 bits per heavy atom. The number of nitrogens with one attached hydrogen (secondary N) is 2. The molecule has 0 spiro atoms. The van der Waals surface area contributed by atoms with Gasteiger partial charge in [0.1, 0.15) is 5.82 Å². The van der Waals surface area contributed by atoms with Gasteiger partial charge in [-0.15, -0.1) is 0 Å². The summed E-state index contributed by atoms with van der Waals surface area (Å²) in [6.07, 6.45) is 3.47. The molecule has 0 fully saturated rings. The van der Waals surface area contributed by atoms with Crippen molar-refractivity contribution < 1.29 is 14.6 Å². The van der Waals surface area contributed by atoms with Crippen LogP contribution in [0.1, 0.15) is 13.8 Å². The molecule has 0 radical (unpaired) electrons. The number of ether oxygens (including phenoxy) is 2. The first-order valence-electron chi connectivity index (χ1n) is 9.46. The molecular weight excluding hydrogens is 370 g/mol. The maximum Gasteiger partial charge on any atom is 0.231 e. The van der Waals surface area contributed by atoms with Gasteiger partial charge in [0.15, 0.2) is 11.5 Å². The highest BCUT2D eigenvalue weighted by Crippen LogP contribution is 2.35. The van der Waals surface area contributed by atoms with E-state index in [1.165, 1.54) is 0 Å². The third-order valence-corrected chi connectivity index (χ3v) is 4.64. The number of hydrogen-bond donors (Lipinski definition) is 3. The highest BCUT2D eigenvalue weighted by molar-refractivity contribution is 5.68. The van der Waals surface area contributed by atoms with E-state index in [2.05, 4.69) is 25.6 Å². The summed E-state index contributed by atoms with van der Waals surface area (Å²) in [4.78, 5) is 13.4. The Hall–Kier alpha value is -3.39. The quantitative estimate of drug-likeness (QED) is 0.561. The number of aromatic nitrogens is 3. The van der Waals surface area contributed by atoms with Crippen LogP contribution in [-0.2, 0) is 0 Å². The summed E-state index contributed by atoms with van der Waals surface area (Å²) in [5, 5.41) is 16.2. The molecule has 4 rings (SSSR count). The van der Waals surface area contributed by atoms with Crippen LogP contribution < -0.4 is 20.1 Å². The van der Waals surface area contributed by atoms with Gasteiger partial charge in [-0.2, -0.15) is 4.98 Å². The van der Waals surface area contributed by atoms with Crippen molar-refractivity contribution in [3.05, 3.63) is 48.8 Å². The molecule has 0 saturated carbocycles. The molecule has 8 heteroatoms. The summed E-state index contributed by atoms with van der Waals surface area (Å²) >= 11 is 0. The SMILES string of the molecule is CC(C)[C@H](CO)Nc1nc(Nc2ccc3c(c2)OCO3)cc(-c2cccnc2)n1. The molecule has 1 aliphatic heterocycles. The van der Waals surface area contributed by atoms with Crippen LogP contribution in [0, 0.1) is 5.92 Å². The van der Waals surface area contributed by atoms with Crippen molar-refractivity contribution in [1.82, 2.24) is 15.0 Å². The Bertz CT molecular complexity index is 981. The second-order valence-corrected chi connectivity index (χ2v) is 7.07. The number of anilines is 3. The lowest BCUT2D eigenvalue weighted by Gasteiger charge is -2.20. The second-order valence-electron chi connectivity index (χ2n) is 7.07. The molecule has 0 aliphatic carbocycles. The van der Waals surface area contributed by atoms with Crippen LogP contribution >= 0.6 is 0 Å². The van der Waals surface area contributed by atoms with Crippen LogP contribution in [0.4, 0.5) is 17.5 Å². The first-order valence-corrected chi connectivity index (χ1v) is 9.46. The molecule has 0 saturated heterocycles. The zero-order chi connectivity index (χ0) is 20.2. The zero-order valence-electron chi connectivity index (χ0n) is 16.3. The molecular formula is C21H23N5O3. The fraction of sp³-hybridized carbons (Fsp3) is 0.286. The lowest BCUT2D eigenvalue weighted by atomic mass is 10.1. The lowest BCUT2D eigenvalue weighted by molar-refractivity contribution is 0.174. The third kappa shape index (κ3) is 4.38. The maximum atomic E-state index is 9.67. The van der Waals surface area contributed by atoms with Crippen molar-refractivity contribution in [2.24, 2.45) is 5.92 Å². The number of aliphatic hydroxyl groups excluding tert-OH is 1. The van der Waals surface area contributed by atoms with Gasteiger partial charge in [-0.05, 0) is 30.2 Å². The van der Waals surface area contributed by atoms with Gasteiger partial charge in [-0.3, -0.25) is 4.98 Å². The van der Waals surface area contributed by atoms with Crippen molar-refractivity contribution in [3.63, 3.8) is 0 Å². The lowest BCUT2D eigenvalue weighted by Crippen LogP contribution is -2.30. The molecule has 2 aromatic heterocycles. The first-order chi connectivity index (χ1) is 14.1. The Balaban J connectivity index is 1.67. The van der Waals surface area contributed by atoms with E-state index in [4.69, 9.17) is 9.47 Å². The molecule has 3 N–H and O–H groups in total. The Kier molecular flexibility index (Phi) is 5.44. The summed E-state index contributed by atoms with van der Waals surface area (Å²) in [5.74, 6) is 2.67. The number of nitrogens with zero attached hydrogens (tertiary/aromatic N) is 3. The Morgan fingerprint density at radius 1 is 1.10 bits per heavy atom. The highest BCUT2D eigenvalue weighted by atomic mass is 16.7. The van der Waals surface area contributed by atoms with E-state index >= 15 is 0 Å². The summed E-state index contributed by atoms with van der Waals surface area (Å²) in [6, 6.07) is 11.1. The van der Waals surface area contributed by atoms with Gasteiger partial charge in [0.2, 0.25) is 12.7 Å². The average Bonchev–Trinajstić information content (AvgIpc) is 3.20. The van der Waals surface area contributed by atoms with E-state index in [0.29, 0.717) is 17.5 Å². The van der Waals surface area contributed by atoms with Crippen LogP contribution in [0.2, 0.25) is 0 Å². The van der Waals surface area contributed by atoms with Gasteiger partial charge in [0.25, 0.3) is 0 Å². The largest absolute Gasteiger partial charge is 0.454 e. The van der Waals surface area contributed by atoms with Gasteiger partial charge in [-0.1, -0.05) is 13.8 Å². The van der Waals surface area contributed by atoms with E-state index in [1.54, 1.807) is 12.4 Å². The standard InChI is InChI=1S/C21H23N5O3/c1-13(2)17(11-27)25-21-24-16(14-4-3-7-22-10-14)9-20(26-21)23-15-5-6-18-19(8-15)29-12-28-18/h3-10,13,17,27H,11-12H2,1-2H3,(H2,23,24,25,26)/t17-/m0/s1. The molecule has 1 aliphatic rings. The topological polar surface area (TPSA) is 101 Å². The van der Waals surface area contributed by atoms with Crippen LogP contribution in [0.25, 0.3) is 11.3 Å². The van der Waals surface area contributed by atoms with E-state index in [1.807, 2.05) is 50.2 Å². The molecule has 1 aromatic carbocycles. The average molecular weight is 393 g/mol. The smallest absolute Gasteiger partial charge is 0.231 e. The molecule has 3 aromatic rings. The van der Waals surface area contributed by atoms with Crippen molar-refractivity contribution >= 4 is 17.5 Å². The number of hydrogen-bond acceptors (Lipinski definition) is 8. The number of pyridine rings is 1. The highest BCUT2D eigenvalue weighted by Gasteiger charge is 2.16. The van der Waals surface area contributed by atoms with E-state index in [0.717, 1.165) is 22.7 Å². The molecule has 8 nitrogen and oxygen atoms in total. The second kappa shape index (κ2) is 8.32. The summed E-state index contributed by atoms with van der Waals surface area (Å²) in [7, 11) is 0. The van der Waals surface area contributed by atoms with Crippen molar-refractivity contribution in [1.29, 1.82) is 0 Å². The first kappa shape index (κ1) is 18.9. The molecule has 0 bridgehead atoms. The van der Waals surface area contributed by atoms with Crippen molar-refractivity contribution in [2.45, 2.75) is 19.9 Å². The van der Waals surface area contributed by atoms with Crippen LogP contribution in [0.3, 0.4) is 0 Å². The maximum absolute atomic E-state index is 9.67. The van der Waals surface area contributed by atoms with Gasteiger partial charge in [0.05, 0.1) is 18.3 Å². The summed E-state index contributed by atoms with van der Waals surface area (Å²) in [5.41, 5.74) is 2.41. The van der Waals surface area contributed by atoms with Crippen molar-refractivity contribution in [2.75, 3.05) is 24.0 Å². The molecule has 29 heavy (non-hydrogen) atoms. The molecule has 1 atom stereocenters. The zero-order valence-corrected chi connectivity index (χ0v) is 16.3. The normalized spacial score (nSPS) is 13.4. The fourth-order valence-corrected chi connectivity index (χ4v) is 2.95. The van der Waals surface area contributed by atoms with Crippen LogP contribution in [0.15, 0.2) is 48.8 Å². The van der Waals surface area contributed by atoms with Crippen LogP contribution in [0.5, 0.6) is 11.5 Å².